The molecule has 1 N–H and O–H groups in total. The van der Waals surface area contributed by atoms with Crippen LogP contribution in [0, 0.1) is 0 Å². The van der Waals surface area contributed by atoms with Crippen molar-refractivity contribution in [2.75, 3.05) is 13.1 Å². The van der Waals surface area contributed by atoms with Crippen molar-refractivity contribution in [3.63, 3.8) is 0 Å². The van der Waals surface area contributed by atoms with Crippen molar-refractivity contribution in [3.05, 3.63) is 30.4 Å². The van der Waals surface area contributed by atoms with E-state index in [1.54, 1.807) is 24.5 Å². The van der Waals surface area contributed by atoms with Crippen molar-refractivity contribution in [1.29, 1.82) is 0 Å². The molecule has 0 saturated carbocycles. The molecule has 3 rings (SSSR count). The molecule has 1 atom stereocenters. The Morgan fingerprint density at radius 1 is 1.45 bits per heavy atom. The first-order chi connectivity index (χ1) is 10.7. The highest BCUT2D eigenvalue weighted by Gasteiger charge is 2.24. The first-order valence-electron chi connectivity index (χ1n) is 7.05. The molecule has 1 fully saturated rings. The third kappa shape index (κ3) is 3.40. The van der Waals surface area contributed by atoms with Crippen LogP contribution in [0.15, 0.2) is 29.0 Å². The average Bonchev–Trinajstić information content (AvgIpc) is 3.03. The zero-order chi connectivity index (χ0) is 15.4. The van der Waals surface area contributed by atoms with Gasteiger partial charge in [0, 0.05) is 24.5 Å². The quantitative estimate of drug-likeness (QED) is 0.918. The van der Waals surface area contributed by atoms with E-state index < -0.39 is 6.09 Å². The Bertz CT molecular complexity index is 631. The summed E-state index contributed by atoms with van der Waals surface area (Å²) in [6.07, 6.45) is 3.89. The maximum atomic E-state index is 11.0. The van der Waals surface area contributed by atoms with Gasteiger partial charge in [-0.05, 0) is 25.0 Å². The second-order valence-corrected chi connectivity index (χ2v) is 5.05. The Labute approximate surface area is 126 Å². The van der Waals surface area contributed by atoms with E-state index in [1.165, 1.54) is 4.90 Å². The fraction of sp³-hybridized carbons (Fsp3) is 0.429. The molecule has 1 aliphatic rings. The molecule has 0 aliphatic carbocycles. The molecule has 0 bridgehead atoms. The van der Waals surface area contributed by atoms with Gasteiger partial charge < -0.3 is 19.3 Å². The second-order valence-electron chi connectivity index (χ2n) is 5.05. The highest BCUT2D eigenvalue weighted by atomic mass is 16.5. The van der Waals surface area contributed by atoms with E-state index in [9.17, 15) is 4.79 Å². The van der Waals surface area contributed by atoms with Gasteiger partial charge in [-0.25, -0.2) is 4.79 Å². The van der Waals surface area contributed by atoms with Crippen LogP contribution in [-0.4, -0.2) is 50.4 Å². The van der Waals surface area contributed by atoms with Crippen LogP contribution in [0.5, 0.6) is 0 Å². The Morgan fingerprint density at radius 3 is 3.05 bits per heavy atom. The minimum atomic E-state index is -0.911. The lowest BCUT2D eigenvalue weighted by molar-refractivity contribution is -0.0152. The van der Waals surface area contributed by atoms with Crippen molar-refractivity contribution in [3.8, 4) is 11.4 Å². The Hall–Kier alpha value is -2.48. The van der Waals surface area contributed by atoms with Gasteiger partial charge in [0.1, 0.15) is 6.61 Å². The summed E-state index contributed by atoms with van der Waals surface area (Å²) in [5, 5.41) is 12.9. The van der Waals surface area contributed by atoms with E-state index in [0.29, 0.717) is 24.8 Å². The van der Waals surface area contributed by atoms with Crippen molar-refractivity contribution < 1.29 is 19.2 Å². The highest BCUT2D eigenvalue weighted by molar-refractivity contribution is 5.65. The minimum Gasteiger partial charge on any atom is -0.465 e. The Kier molecular flexibility index (Phi) is 4.29. The predicted molar refractivity (Wildman–Crippen MR) is 74.9 cm³/mol. The SMILES string of the molecule is O=C(O)N1CCCC(OCc2nc(-c3ccncc3)no2)C1. The molecule has 1 unspecified atom stereocenters. The van der Waals surface area contributed by atoms with Gasteiger partial charge in [-0.3, -0.25) is 4.98 Å². The molecule has 1 saturated heterocycles. The normalized spacial score (nSPS) is 18.4. The molecule has 116 valence electrons. The summed E-state index contributed by atoms with van der Waals surface area (Å²) in [5.41, 5.74) is 0.819. The number of pyridine rings is 1. The summed E-state index contributed by atoms with van der Waals surface area (Å²) in [5.74, 6) is 0.857. The van der Waals surface area contributed by atoms with Crippen LogP contribution < -0.4 is 0 Å². The lowest BCUT2D eigenvalue weighted by Gasteiger charge is -2.30. The van der Waals surface area contributed by atoms with Gasteiger partial charge in [0.15, 0.2) is 0 Å². The van der Waals surface area contributed by atoms with Gasteiger partial charge in [0.2, 0.25) is 5.82 Å². The zero-order valence-electron chi connectivity index (χ0n) is 11.9. The summed E-state index contributed by atoms with van der Waals surface area (Å²) in [4.78, 5) is 20.5. The van der Waals surface area contributed by atoms with Crippen LogP contribution in [0.4, 0.5) is 4.79 Å². The van der Waals surface area contributed by atoms with E-state index in [4.69, 9.17) is 14.4 Å². The van der Waals surface area contributed by atoms with E-state index in [2.05, 4.69) is 15.1 Å². The molecule has 8 heteroatoms. The molecule has 22 heavy (non-hydrogen) atoms. The van der Waals surface area contributed by atoms with Crippen LogP contribution in [-0.2, 0) is 11.3 Å². The Balaban J connectivity index is 1.56. The molecular formula is C14H16N4O4. The number of carbonyl (C=O) groups is 1. The van der Waals surface area contributed by atoms with E-state index in [-0.39, 0.29) is 12.7 Å². The monoisotopic (exact) mass is 304 g/mol. The number of hydrogen-bond acceptors (Lipinski definition) is 6. The van der Waals surface area contributed by atoms with Crippen LogP contribution in [0.25, 0.3) is 11.4 Å². The van der Waals surface area contributed by atoms with Gasteiger partial charge in [-0.15, -0.1) is 0 Å². The van der Waals surface area contributed by atoms with E-state index in [0.717, 1.165) is 18.4 Å². The number of nitrogens with zero attached hydrogens (tertiary/aromatic N) is 4. The smallest absolute Gasteiger partial charge is 0.407 e. The summed E-state index contributed by atoms with van der Waals surface area (Å²) in [6.45, 7) is 1.11. The van der Waals surface area contributed by atoms with Gasteiger partial charge >= 0.3 is 6.09 Å². The van der Waals surface area contributed by atoms with Crippen molar-refractivity contribution >= 4 is 6.09 Å². The molecule has 0 radical (unpaired) electrons. The van der Waals surface area contributed by atoms with Crippen LogP contribution >= 0.6 is 0 Å². The molecule has 2 aromatic heterocycles. The van der Waals surface area contributed by atoms with Gasteiger partial charge in [0.05, 0.1) is 12.6 Å². The largest absolute Gasteiger partial charge is 0.465 e. The summed E-state index contributed by atoms with van der Waals surface area (Å²) in [6, 6.07) is 3.59. The van der Waals surface area contributed by atoms with Gasteiger partial charge in [-0.2, -0.15) is 4.98 Å². The Morgan fingerprint density at radius 2 is 2.27 bits per heavy atom. The fourth-order valence-corrected chi connectivity index (χ4v) is 2.37. The first kappa shape index (κ1) is 14.5. The summed E-state index contributed by atoms with van der Waals surface area (Å²) in [7, 11) is 0. The molecule has 1 amide bonds. The number of hydrogen-bond donors (Lipinski definition) is 1. The maximum absolute atomic E-state index is 11.0. The number of ether oxygens (including phenoxy) is 1. The zero-order valence-corrected chi connectivity index (χ0v) is 11.9. The average molecular weight is 304 g/mol. The van der Waals surface area contributed by atoms with E-state index >= 15 is 0 Å². The number of amides is 1. The summed E-state index contributed by atoms with van der Waals surface area (Å²) >= 11 is 0. The number of carboxylic acid groups (broad SMARTS) is 1. The molecule has 0 aromatic carbocycles. The fourth-order valence-electron chi connectivity index (χ4n) is 2.37. The molecule has 3 heterocycles. The number of rotatable bonds is 4. The standard InChI is InChI=1S/C14H16N4O4/c19-14(20)18-7-1-2-11(8-18)21-9-12-16-13(17-22-12)10-3-5-15-6-4-10/h3-6,11H,1-2,7-9H2,(H,19,20). The number of likely N-dealkylation sites (tertiary alicyclic amines) is 1. The van der Waals surface area contributed by atoms with E-state index in [1.807, 2.05) is 0 Å². The third-order valence-electron chi connectivity index (χ3n) is 3.50. The third-order valence-corrected chi connectivity index (χ3v) is 3.50. The van der Waals surface area contributed by atoms with Crippen LogP contribution in [0.3, 0.4) is 0 Å². The highest BCUT2D eigenvalue weighted by Crippen LogP contribution is 2.17. The first-order valence-corrected chi connectivity index (χ1v) is 7.05. The lowest BCUT2D eigenvalue weighted by Crippen LogP contribution is -2.42. The lowest BCUT2D eigenvalue weighted by atomic mass is 10.1. The van der Waals surface area contributed by atoms with Gasteiger partial charge in [0.25, 0.3) is 5.89 Å². The van der Waals surface area contributed by atoms with Crippen LogP contribution in [0.2, 0.25) is 0 Å². The number of aromatic nitrogens is 3. The molecule has 2 aromatic rings. The summed E-state index contributed by atoms with van der Waals surface area (Å²) < 4.78 is 10.8. The molecule has 1 aliphatic heterocycles. The maximum Gasteiger partial charge on any atom is 0.407 e. The van der Waals surface area contributed by atoms with Crippen molar-refractivity contribution in [1.82, 2.24) is 20.0 Å². The van der Waals surface area contributed by atoms with Gasteiger partial charge in [-0.1, -0.05) is 5.16 Å². The molecule has 8 nitrogen and oxygen atoms in total. The topological polar surface area (TPSA) is 102 Å². The predicted octanol–water partition coefficient (Wildman–Crippen LogP) is 1.79. The molecular weight excluding hydrogens is 288 g/mol. The van der Waals surface area contributed by atoms with Crippen molar-refractivity contribution in [2.45, 2.75) is 25.6 Å². The second kappa shape index (κ2) is 6.52. The number of piperidine rings is 1. The minimum absolute atomic E-state index is 0.138. The van der Waals surface area contributed by atoms with Crippen LogP contribution in [0.1, 0.15) is 18.7 Å². The molecule has 0 spiro atoms. The van der Waals surface area contributed by atoms with Crippen molar-refractivity contribution in [2.24, 2.45) is 0 Å².